The average molecular weight is 189 g/mol. The summed E-state index contributed by atoms with van der Waals surface area (Å²) in [7, 11) is 0. The van der Waals surface area contributed by atoms with Gasteiger partial charge in [0.05, 0.1) is 5.69 Å². The maximum atomic E-state index is 4.25. The van der Waals surface area contributed by atoms with Gasteiger partial charge in [-0.2, -0.15) is 0 Å². The summed E-state index contributed by atoms with van der Waals surface area (Å²) in [5.41, 5.74) is 2.27. The normalized spacial score (nSPS) is 9.36. The van der Waals surface area contributed by atoms with Gasteiger partial charge in [-0.25, -0.2) is 0 Å². The molecule has 1 heteroatoms. The zero-order valence-electron chi connectivity index (χ0n) is 9.33. The third-order valence-corrected chi connectivity index (χ3v) is 1.62. The summed E-state index contributed by atoms with van der Waals surface area (Å²) in [6.45, 7) is 9.63. The number of hydrogen-bond donors (Lipinski definition) is 0. The van der Waals surface area contributed by atoms with Gasteiger partial charge >= 0.3 is 0 Å². The van der Waals surface area contributed by atoms with Crippen molar-refractivity contribution < 1.29 is 0 Å². The van der Waals surface area contributed by atoms with E-state index in [4.69, 9.17) is 0 Å². The van der Waals surface area contributed by atoms with Gasteiger partial charge in [-0.3, -0.25) is 4.99 Å². The first-order valence-electron chi connectivity index (χ1n) is 5.06. The van der Waals surface area contributed by atoms with Crippen molar-refractivity contribution in [2.24, 2.45) is 4.99 Å². The van der Waals surface area contributed by atoms with Crippen molar-refractivity contribution in [3.05, 3.63) is 42.5 Å². The molecular formula is C13H19N. The smallest absolute Gasteiger partial charge is 0.0660 e. The van der Waals surface area contributed by atoms with Crippen LogP contribution >= 0.6 is 0 Å². The second-order valence-electron chi connectivity index (χ2n) is 2.51. The molecule has 0 aliphatic rings. The molecule has 0 atom stereocenters. The Bertz CT molecular complexity index is 287. The second-order valence-corrected chi connectivity index (χ2v) is 2.51. The molecule has 0 unspecified atom stereocenters. The maximum absolute atomic E-state index is 4.25. The highest BCUT2D eigenvalue weighted by Crippen LogP contribution is 2.18. The van der Waals surface area contributed by atoms with Crippen molar-refractivity contribution in [1.29, 1.82) is 0 Å². The van der Waals surface area contributed by atoms with E-state index >= 15 is 0 Å². The molecule has 0 saturated carbocycles. The van der Waals surface area contributed by atoms with Crippen LogP contribution in [0.25, 0.3) is 0 Å². The Morgan fingerprint density at radius 2 is 1.93 bits per heavy atom. The fraction of sp³-hybridized carbons (Fsp3) is 0.308. The number of benzene rings is 1. The number of aliphatic imine (C=N–C) groups is 1. The van der Waals surface area contributed by atoms with Crippen LogP contribution in [0.15, 0.2) is 41.9 Å². The molecule has 0 bridgehead atoms. The summed E-state index contributed by atoms with van der Waals surface area (Å²) >= 11 is 0. The summed E-state index contributed by atoms with van der Waals surface area (Å²) in [6.07, 6.45) is 4.58. The van der Waals surface area contributed by atoms with Gasteiger partial charge in [0.2, 0.25) is 0 Å². The number of hydrogen-bond acceptors (Lipinski definition) is 1. The van der Waals surface area contributed by atoms with Gasteiger partial charge in [0, 0.05) is 6.21 Å². The Labute approximate surface area is 87.2 Å². The van der Waals surface area contributed by atoms with Crippen molar-refractivity contribution in [1.82, 2.24) is 0 Å². The molecule has 1 rings (SSSR count). The van der Waals surface area contributed by atoms with Crippen LogP contribution in [-0.2, 0) is 6.42 Å². The molecule has 0 fully saturated rings. The Kier molecular flexibility index (Phi) is 7.43. The Morgan fingerprint density at radius 3 is 2.50 bits per heavy atom. The van der Waals surface area contributed by atoms with Crippen LogP contribution < -0.4 is 0 Å². The van der Waals surface area contributed by atoms with E-state index in [1.165, 1.54) is 5.56 Å². The molecule has 14 heavy (non-hydrogen) atoms. The van der Waals surface area contributed by atoms with Gasteiger partial charge in [-0.1, -0.05) is 38.1 Å². The minimum atomic E-state index is 0.882. The molecule has 0 aliphatic carbocycles. The molecule has 1 nitrogen and oxygen atoms in total. The fourth-order valence-electron chi connectivity index (χ4n) is 1.10. The molecule has 0 amide bonds. The van der Waals surface area contributed by atoms with E-state index in [-0.39, 0.29) is 0 Å². The van der Waals surface area contributed by atoms with Crippen molar-refractivity contribution in [2.75, 3.05) is 0 Å². The summed E-state index contributed by atoms with van der Waals surface area (Å²) in [6, 6.07) is 8.10. The predicted octanol–water partition coefficient (Wildman–Crippen LogP) is 4.16. The summed E-state index contributed by atoms with van der Waals surface area (Å²) < 4.78 is 0. The third kappa shape index (κ3) is 4.04. The molecule has 0 aromatic heterocycles. The highest BCUT2D eigenvalue weighted by molar-refractivity contribution is 5.62. The van der Waals surface area contributed by atoms with Gasteiger partial charge in [0.25, 0.3) is 0 Å². The van der Waals surface area contributed by atoms with E-state index in [1.54, 1.807) is 0 Å². The SMILES string of the molecule is C=CCc1ccccc1N=CC.CC. The van der Waals surface area contributed by atoms with Crippen LogP contribution in [0.2, 0.25) is 0 Å². The molecule has 76 valence electrons. The zero-order chi connectivity index (χ0) is 10.8. The lowest BCUT2D eigenvalue weighted by molar-refractivity contribution is 1.26. The van der Waals surface area contributed by atoms with Crippen LogP contribution in [0, 0.1) is 0 Å². The van der Waals surface area contributed by atoms with Crippen molar-refractivity contribution >= 4 is 11.9 Å². The van der Waals surface area contributed by atoms with Gasteiger partial charge < -0.3 is 0 Å². The van der Waals surface area contributed by atoms with E-state index < -0.39 is 0 Å². The average Bonchev–Trinajstić information content (AvgIpc) is 2.25. The van der Waals surface area contributed by atoms with Crippen molar-refractivity contribution in [3.8, 4) is 0 Å². The first kappa shape index (κ1) is 12.6. The summed E-state index contributed by atoms with van der Waals surface area (Å²) in [5.74, 6) is 0. The molecule has 0 heterocycles. The topological polar surface area (TPSA) is 12.4 Å². The first-order valence-corrected chi connectivity index (χ1v) is 5.06. The van der Waals surface area contributed by atoms with Crippen molar-refractivity contribution in [3.63, 3.8) is 0 Å². The third-order valence-electron chi connectivity index (χ3n) is 1.62. The lowest BCUT2D eigenvalue weighted by Gasteiger charge is -2.00. The molecular weight excluding hydrogens is 170 g/mol. The molecule has 1 aromatic carbocycles. The summed E-state index contributed by atoms with van der Waals surface area (Å²) in [4.78, 5) is 4.25. The molecule has 0 radical (unpaired) electrons. The number of rotatable bonds is 3. The predicted molar refractivity (Wildman–Crippen MR) is 65.5 cm³/mol. The van der Waals surface area contributed by atoms with Crippen LogP contribution in [0.5, 0.6) is 0 Å². The number of nitrogens with zero attached hydrogens (tertiary/aromatic N) is 1. The van der Waals surface area contributed by atoms with E-state index in [0.29, 0.717) is 0 Å². The van der Waals surface area contributed by atoms with E-state index in [1.807, 2.05) is 51.3 Å². The highest BCUT2D eigenvalue weighted by atomic mass is 14.7. The van der Waals surface area contributed by atoms with Crippen LogP contribution in [0.4, 0.5) is 5.69 Å². The minimum absolute atomic E-state index is 0.882. The second kappa shape index (κ2) is 8.24. The standard InChI is InChI=1S/C11H13N.C2H6/c1-3-7-10-8-5-6-9-11(10)12-4-2;1-2/h3-6,8-9H,1,7H2,2H3;1-2H3. The monoisotopic (exact) mass is 189 g/mol. The van der Waals surface area contributed by atoms with Crippen molar-refractivity contribution in [2.45, 2.75) is 27.2 Å². The quantitative estimate of drug-likeness (QED) is 0.500. The molecule has 1 aromatic rings. The molecule has 0 saturated heterocycles. The van der Waals surface area contributed by atoms with E-state index in [9.17, 15) is 0 Å². The van der Waals surface area contributed by atoms with E-state index in [0.717, 1.165) is 12.1 Å². The first-order chi connectivity index (χ1) is 6.88. The Morgan fingerprint density at radius 1 is 1.29 bits per heavy atom. The lowest BCUT2D eigenvalue weighted by Crippen LogP contribution is -1.80. The molecule has 0 N–H and O–H groups in total. The minimum Gasteiger partial charge on any atom is -0.261 e. The van der Waals surface area contributed by atoms with Crippen LogP contribution in [0.3, 0.4) is 0 Å². The van der Waals surface area contributed by atoms with Gasteiger partial charge in [0.1, 0.15) is 0 Å². The van der Waals surface area contributed by atoms with Crippen LogP contribution in [0.1, 0.15) is 26.3 Å². The summed E-state index contributed by atoms with van der Waals surface area (Å²) in [5, 5.41) is 0. The fourth-order valence-corrected chi connectivity index (χ4v) is 1.10. The lowest BCUT2D eigenvalue weighted by atomic mass is 10.1. The number of allylic oxidation sites excluding steroid dienone is 1. The largest absolute Gasteiger partial charge is 0.261 e. The Balaban J connectivity index is 0.000000791. The number of para-hydroxylation sites is 1. The van der Waals surface area contributed by atoms with Gasteiger partial charge in [-0.05, 0) is 25.0 Å². The molecule has 0 aliphatic heterocycles. The Hall–Kier alpha value is -1.37. The highest BCUT2D eigenvalue weighted by Gasteiger charge is 1.95. The van der Waals surface area contributed by atoms with E-state index in [2.05, 4.69) is 17.6 Å². The molecule has 0 spiro atoms. The van der Waals surface area contributed by atoms with Crippen LogP contribution in [-0.4, -0.2) is 6.21 Å². The maximum Gasteiger partial charge on any atom is 0.0660 e. The van der Waals surface area contributed by atoms with Gasteiger partial charge in [-0.15, -0.1) is 6.58 Å². The van der Waals surface area contributed by atoms with Gasteiger partial charge in [0.15, 0.2) is 0 Å². The zero-order valence-corrected chi connectivity index (χ0v) is 9.33.